The minimum absolute atomic E-state index is 0.163. The van der Waals surface area contributed by atoms with Gasteiger partial charge in [-0.05, 0) is 25.2 Å². The Morgan fingerprint density at radius 2 is 2.17 bits per heavy atom. The fourth-order valence-electron chi connectivity index (χ4n) is 1.31. The number of carbonyl (C=O) groups is 1. The number of nitrogens with one attached hydrogen (secondary N) is 2. The molecule has 0 radical (unpaired) electrons. The van der Waals surface area contributed by atoms with Gasteiger partial charge in [0, 0.05) is 12.1 Å². The Hall–Kier alpha value is -0.570. The summed E-state index contributed by atoms with van der Waals surface area (Å²) in [7, 11) is 0. The van der Waals surface area contributed by atoms with E-state index in [9.17, 15) is 4.79 Å². The number of amides is 1. The van der Waals surface area contributed by atoms with Crippen molar-refractivity contribution >= 4 is 5.91 Å². The van der Waals surface area contributed by atoms with Crippen molar-refractivity contribution in [1.29, 1.82) is 0 Å². The molecule has 0 heterocycles. The molecule has 2 saturated carbocycles. The second kappa shape index (κ2) is 3.05. The smallest absolute Gasteiger partial charge is 0.234 e. The van der Waals surface area contributed by atoms with Gasteiger partial charge in [-0.2, -0.15) is 0 Å². The number of hydrogen-bond donors (Lipinski definition) is 2. The van der Waals surface area contributed by atoms with E-state index < -0.39 is 0 Å². The molecule has 2 N–H and O–H groups in total. The van der Waals surface area contributed by atoms with Crippen molar-refractivity contribution in [2.45, 2.75) is 38.3 Å². The Morgan fingerprint density at radius 1 is 1.50 bits per heavy atom. The Labute approximate surface area is 72.9 Å². The molecule has 1 amide bonds. The fraction of sp³-hybridized carbons (Fsp3) is 0.889. The molecule has 0 bridgehead atoms. The highest BCUT2D eigenvalue weighted by Gasteiger charge is 2.33. The molecule has 0 saturated heterocycles. The zero-order valence-corrected chi connectivity index (χ0v) is 7.47. The first-order chi connectivity index (χ1) is 5.75. The van der Waals surface area contributed by atoms with Crippen LogP contribution in [0.15, 0.2) is 0 Å². The molecule has 2 fully saturated rings. The lowest BCUT2D eigenvalue weighted by molar-refractivity contribution is -0.120. The number of rotatable bonds is 4. The molecule has 0 aliphatic heterocycles. The highest BCUT2D eigenvalue weighted by molar-refractivity contribution is 5.78. The van der Waals surface area contributed by atoms with Gasteiger partial charge in [-0.15, -0.1) is 0 Å². The van der Waals surface area contributed by atoms with Crippen LogP contribution < -0.4 is 10.6 Å². The van der Waals surface area contributed by atoms with E-state index in [1.54, 1.807) is 0 Å². The number of carbonyl (C=O) groups excluding carboxylic acids is 1. The van der Waals surface area contributed by atoms with Crippen molar-refractivity contribution in [1.82, 2.24) is 10.6 Å². The van der Waals surface area contributed by atoms with Crippen LogP contribution in [-0.4, -0.2) is 24.5 Å². The van der Waals surface area contributed by atoms with Crippen LogP contribution in [0, 0.1) is 5.92 Å². The normalized spacial score (nSPS) is 33.1. The summed E-state index contributed by atoms with van der Waals surface area (Å²) in [5.74, 6) is 0.867. The highest BCUT2D eigenvalue weighted by Crippen LogP contribution is 2.28. The van der Waals surface area contributed by atoms with Gasteiger partial charge >= 0.3 is 0 Å². The van der Waals surface area contributed by atoms with Crippen molar-refractivity contribution in [2.24, 2.45) is 5.92 Å². The van der Waals surface area contributed by atoms with Gasteiger partial charge in [0.25, 0.3) is 0 Å². The molecule has 12 heavy (non-hydrogen) atoms. The van der Waals surface area contributed by atoms with Crippen molar-refractivity contribution in [3.05, 3.63) is 0 Å². The predicted octanol–water partition coefficient (Wildman–Crippen LogP) is 0.263. The van der Waals surface area contributed by atoms with Crippen LogP contribution in [0.5, 0.6) is 0 Å². The maximum atomic E-state index is 11.2. The molecule has 2 atom stereocenters. The molecule has 0 aromatic heterocycles. The van der Waals surface area contributed by atoms with E-state index in [1.807, 2.05) is 0 Å². The summed E-state index contributed by atoms with van der Waals surface area (Å²) in [5, 5.41) is 6.18. The zero-order chi connectivity index (χ0) is 8.55. The molecule has 3 heteroatoms. The van der Waals surface area contributed by atoms with E-state index in [-0.39, 0.29) is 5.91 Å². The lowest BCUT2D eigenvalue weighted by Crippen LogP contribution is -2.36. The van der Waals surface area contributed by atoms with Crippen LogP contribution in [-0.2, 0) is 4.79 Å². The van der Waals surface area contributed by atoms with Crippen LogP contribution in [0.3, 0.4) is 0 Å². The maximum absolute atomic E-state index is 11.2. The second-order valence-electron chi connectivity index (χ2n) is 4.04. The van der Waals surface area contributed by atoms with Gasteiger partial charge in [0.2, 0.25) is 5.91 Å². The first-order valence-electron chi connectivity index (χ1n) is 4.78. The molecule has 0 aromatic carbocycles. The minimum Gasteiger partial charge on any atom is -0.352 e. The number of hydrogen-bond acceptors (Lipinski definition) is 2. The third-order valence-electron chi connectivity index (χ3n) is 2.58. The van der Waals surface area contributed by atoms with Gasteiger partial charge in [-0.3, -0.25) is 4.79 Å². The van der Waals surface area contributed by atoms with E-state index in [4.69, 9.17) is 0 Å². The van der Waals surface area contributed by atoms with Crippen molar-refractivity contribution in [2.75, 3.05) is 6.54 Å². The zero-order valence-electron chi connectivity index (χ0n) is 7.47. The van der Waals surface area contributed by atoms with Gasteiger partial charge in [0.05, 0.1) is 6.54 Å². The average Bonchev–Trinajstić information content (AvgIpc) is 2.87. The molecule has 2 aliphatic rings. The summed E-state index contributed by atoms with van der Waals surface area (Å²) in [6.45, 7) is 2.67. The van der Waals surface area contributed by atoms with Crippen molar-refractivity contribution in [3.8, 4) is 0 Å². The summed E-state index contributed by atoms with van der Waals surface area (Å²) >= 11 is 0. The van der Waals surface area contributed by atoms with Crippen molar-refractivity contribution in [3.63, 3.8) is 0 Å². The van der Waals surface area contributed by atoms with Gasteiger partial charge in [-0.1, -0.05) is 6.92 Å². The van der Waals surface area contributed by atoms with Crippen LogP contribution >= 0.6 is 0 Å². The molecule has 2 rings (SSSR count). The van der Waals surface area contributed by atoms with E-state index in [1.165, 1.54) is 12.8 Å². The molecule has 68 valence electrons. The molecule has 3 nitrogen and oxygen atoms in total. The van der Waals surface area contributed by atoms with Gasteiger partial charge < -0.3 is 10.6 Å². The van der Waals surface area contributed by atoms with Crippen LogP contribution in [0.25, 0.3) is 0 Å². The Balaban J connectivity index is 1.57. The van der Waals surface area contributed by atoms with Crippen LogP contribution in [0.4, 0.5) is 0 Å². The summed E-state index contributed by atoms with van der Waals surface area (Å²) in [5.41, 5.74) is 0. The SMILES string of the molecule is CC1CC1NC(=O)CNC1CC1. The Bertz CT molecular complexity index is 189. The minimum atomic E-state index is 0.163. The van der Waals surface area contributed by atoms with Gasteiger partial charge in [-0.25, -0.2) is 0 Å². The van der Waals surface area contributed by atoms with Crippen molar-refractivity contribution < 1.29 is 4.79 Å². The van der Waals surface area contributed by atoms with Gasteiger partial charge in [0.1, 0.15) is 0 Å². The molecular weight excluding hydrogens is 152 g/mol. The predicted molar refractivity (Wildman–Crippen MR) is 46.7 cm³/mol. The average molecular weight is 168 g/mol. The monoisotopic (exact) mass is 168 g/mol. The Kier molecular flexibility index (Phi) is 2.05. The summed E-state index contributed by atoms with van der Waals surface area (Å²) in [6, 6.07) is 1.10. The third kappa shape index (κ3) is 2.21. The molecule has 2 unspecified atom stereocenters. The topological polar surface area (TPSA) is 41.1 Å². The second-order valence-corrected chi connectivity index (χ2v) is 4.04. The summed E-state index contributed by atoms with van der Waals surface area (Å²) in [4.78, 5) is 11.2. The molecule has 2 aliphatic carbocycles. The lowest BCUT2D eigenvalue weighted by atomic mass is 10.4. The van der Waals surface area contributed by atoms with Gasteiger partial charge in [0.15, 0.2) is 0 Å². The van der Waals surface area contributed by atoms with E-state index >= 15 is 0 Å². The standard InChI is InChI=1S/C9H16N2O/c1-6-4-8(6)11-9(12)5-10-7-2-3-7/h6-8,10H,2-5H2,1H3,(H,11,12). The fourth-order valence-corrected chi connectivity index (χ4v) is 1.31. The third-order valence-corrected chi connectivity index (χ3v) is 2.58. The highest BCUT2D eigenvalue weighted by atomic mass is 16.2. The molecule has 0 spiro atoms. The summed E-state index contributed by atoms with van der Waals surface area (Å²) < 4.78 is 0. The van der Waals surface area contributed by atoms with E-state index in [2.05, 4.69) is 17.6 Å². The van der Waals surface area contributed by atoms with E-state index in [0.717, 1.165) is 6.42 Å². The molecular formula is C9H16N2O. The Morgan fingerprint density at radius 3 is 2.67 bits per heavy atom. The quantitative estimate of drug-likeness (QED) is 0.632. The van der Waals surface area contributed by atoms with E-state index in [0.29, 0.717) is 24.5 Å². The molecule has 0 aromatic rings. The van der Waals surface area contributed by atoms with Crippen LogP contribution in [0.2, 0.25) is 0 Å². The summed E-state index contributed by atoms with van der Waals surface area (Å²) in [6.07, 6.45) is 3.65. The largest absolute Gasteiger partial charge is 0.352 e. The lowest BCUT2D eigenvalue weighted by Gasteiger charge is -2.03. The maximum Gasteiger partial charge on any atom is 0.234 e. The first-order valence-corrected chi connectivity index (χ1v) is 4.78. The first kappa shape index (κ1) is 8.05. The van der Waals surface area contributed by atoms with Crippen LogP contribution in [0.1, 0.15) is 26.2 Å².